The average molecular weight is 303 g/mol. The maximum absolute atomic E-state index is 11.8. The number of fused-ring (bicyclic) bond motifs is 1. The second-order valence-electron chi connectivity index (χ2n) is 5.88. The van der Waals surface area contributed by atoms with Crippen molar-refractivity contribution < 1.29 is 13.9 Å². The Bertz CT molecular complexity index is 724. The number of nitrogens with zero attached hydrogens (tertiary/aromatic N) is 1. The maximum atomic E-state index is 11.8. The van der Waals surface area contributed by atoms with Crippen LogP contribution in [0.2, 0.25) is 0 Å². The molecule has 1 fully saturated rings. The summed E-state index contributed by atoms with van der Waals surface area (Å²) in [5.74, 6) is 0.682. The standard InChI is InChI=1S/C17H21NO4/c1-11-10-21-12(2)8-18(11)9-13-6-17(19)22-16-7-14(20-3)4-5-15(13)16/h4-7,11-12H,8-10H2,1-3H3. The van der Waals surface area contributed by atoms with Crippen LogP contribution >= 0.6 is 0 Å². The second-order valence-corrected chi connectivity index (χ2v) is 5.88. The van der Waals surface area contributed by atoms with Gasteiger partial charge >= 0.3 is 5.63 Å². The summed E-state index contributed by atoms with van der Waals surface area (Å²) in [6.07, 6.45) is 0.211. The number of methoxy groups -OCH3 is 1. The van der Waals surface area contributed by atoms with E-state index in [0.29, 0.717) is 30.5 Å². The lowest BCUT2D eigenvalue weighted by Gasteiger charge is -2.36. The summed E-state index contributed by atoms with van der Waals surface area (Å²) in [7, 11) is 1.60. The van der Waals surface area contributed by atoms with Crippen molar-refractivity contribution in [2.45, 2.75) is 32.5 Å². The molecule has 2 atom stereocenters. The summed E-state index contributed by atoms with van der Waals surface area (Å²) in [6, 6.07) is 7.50. The Morgan fingerprint density at radius 1 is 1.32 bits per heavy atom. The SMILES string of the molecule is COc1ccc2c(CN3CC(C)OCC3C)cc(=O)oc2c1. The van der Waals surface area contributed by atoms with Gasteiger partial charge in [0.2, 0.25) is 0 Å². The van der Waals surface area contributed by atoms with Crippen molar-refractivity contribution in [2.75, 3.05) is 20.3 Å². The van der Waals surface area contributed by atoms with Crippen LogP contribution in [0.1, 0.15) is 19.4 Å². The van der Waals surface area contributed by atoms with Crippen molar-refractivity contribution in [1.82, 2.24) is 4.90 Å². The minimum absolute atomic E-state index is 0.211. The van der Waals surface area contributed by atoms with Crippen LogP contribution in [0.5, 0.6) is 5.75 Å². The van der Waals surface area contributed by atoms with Crippen LogP contribution in [0.3, 0.4) is 0 Å². The van der Waals surface area contributed by atoms with Crippen LogP contribution < -0.4 is 10.4 Å². The largest absolute Gasteiger partial charge is 0.497 e. The zero-order valence-electron chi connectivity index (χ0n) is 13.2. The average Bonchev–Trinajstić information content (AvgIpc) is 2.50. The molecule has 2 aromatic rings. The van der Waals surface area contributed by atoms with Crippen molar-refractivity contribution >= 4 is 11.0 Å². The molecule has 2 heterocycles. The molecule has 0 radical (unpaired) electrons. The molecule has 1 aromatic heterocycles. The van der Waals surface area contributed by atoms with Crippen LogP contribution in [0.4, 0.5) is 0 Å². The smallest absolute Gasteiger partial charge is 0.336 e. The summed E-state index contributed by atoms with van der Waals surface area (Å²) >= 11 is 0. The van der Waals surface area contributed by atoms with Crippen LogP contribution in [0.15, 0.2) is 33.5 Å². The summed E-state index contributed by atoms with van der Waals surface area (Å²) in [5.41, 5.74) is 1.22. The molecule has 5 nitrogen and oxygen atoms in total. The van der Waals surface area contributed by atoms with Gasteiger partial charge in [0.25, 0.3) is 0 Å². The van der Waals surface area contributed by atoms with Gasteiger partial charge in [-0.3, -0.25) is 4.90 Å². The minimum Gasteiger partial charge on any atom is -0.497 e. The van der Waals surface area contributed by atoms with Crippen molar-refractivity contribution in [3.63, 3.8) is 0 Å². The quantitative estimate of drug-likeness (QED) is 0.815. The minimum atomic E-state index is -0.329. The fraction of sp³-hybridized carbons (Fsp3) is 0.471. The van der Waals surface area contributed by atoms with Crippen LogP contribution in [0, 0.1) is 0 Å². The molecule has 0 N–H and O–H groups in total. The first-order valence-corrected chi connectivity index (χ1v) is 7.53. The van der Waals surface area contributed by atoms with Gasteiger partial charge in [0, 0.05) is 36.7 Å². The van der Waals surface area contributed by atoms with E-state index in [4.69, 9.17) is 13.9 Å². The fourth-order valence-electron chi connectivity index (χ4n) is 2.88. The van der Waals surface area contributed by atoms with Crippen molar-refractivity contribution in [2.24, 2.45) is 0 Å². The molecule has 3 rings (SSSR count). The van der Waals surface area contributed by atoms with Gasteiger partial charge in [0.1, 0.15) is 11.3 Å². The second kappa shape index (κ2) is 6.10. The van der Waals surface area contributed by atoms with E-state index in [9.17, 15) is 4.79 Å². The van der Waals surface area contributed by atoms with E-state index in [1.54, 1.807) is 19.2 Å². The Labute approximate surface area is 129 Å². The number of ether oxygens (including phenoxy) is 2. The fourth-order valence-corrected chi connectivity index (χ4v) is 2.88. The van der Waals surface area contributed by atoms with Crippen LogP contribution in [-0.4, -0.2) is 37.3 Å². The first-order valence-electron chi connectivity index (χ1n) is 7.53. The molecule has 0 amide bonds. The summed E-state index contributed by atoms with van der Waals surface area (Å²) < 4.78 is 16.2. The molecule has 22 heavy (non-hydrogen) atoms. The third-order valence-corrected chi connectivity index (χ3v) is 4.15. The lowest BCUT2D eigenvalue weighted by atomic mass is 10.1. The molecule has 1 aliphatic rings. The molecule has 0 aliphatic carbocycles. The van der Waals surface area contributed by atoms with Gasteiger partial charge in [-0.1, -0.05) is 0 Å². The highest BCUT2D eigenvalue weighted by atomic mass is 16.5. The van der Waals surface area contributed by atoms with E-state index in [1.165, 1.54) is 0 Å². The molecule has 0 bridgehead atoms. The summed E-state index contributed by atoms with van der Waals surface area (Å²) in [5, 5.41) is 0.951. The topological polar surface area (TPSA) is 51.9 Å². The first-order chi connectivity index (χ1) is 10.6. The Kier molecular flexibility index (Phi) is 4.18. The molecular formula is C17H21NO4. The molecule has 2 unspecified atom stereocenters. The normalized spacial score (nSPS) is 22.9. The molecule has 118 valence electrons. The molecular weight excluding hydrogens is 282 g/mol. The van der Waals surface area contributed by atoms with Crippen LogP contribution in [0.25, 0.3) is 11.0 Å². The van der Waals surface area contributed by atoms with Crippen molar-refractivity contribution in [1.29, 1.82) is 0 Å². The first kappa shape index (κ1) is 15.1. The highest BCUT2D eigenvalue weighted by Crippen LogP contribution is 2.24. The van der Waals surface area contributed by atoms with Gasteiger partial charge in [-0.2, -0.15) is 0 Å². The Hall–Kier alpha value is -1.85. The number of benzene rings is 1. The summed E-state index contributed by atoms with van der Waals surface area (Å²) in [4.78, 5) is 14.2. The third-order valence-electron chi connectivity index (χ3n) is 4.15. The van der Waals surface area contributed by atoms with Crippen LogP contribution in [-0.2, 0) is 11.3 Å². The van der Waals surface area contributed by atoms with Gasteiger partial charge in [0.05, 0.1) is 19.8 Å². The van der Waals surface area contributed by atoms with Gasteiger partial charge in [-0.05, 0) is 31.5 Å². The molecule has 1 aliphatic heterocycles. The number of rotatable bonds is 3. The van der Waals surface area contributed by atoms with E-state index in [0.717, 1.165) is 17.5 Å². The van der Waals surface area contributed by atoms with E-state index < -0.39 is 0 Å². The zero-order valence-corrected chi connectivity index (χ0v) is 13.2. The van der Waals surface area contributed by atoms with Gasteiger partial charge in [0.15, 0.2) is 0 Å². The van der Waals surface area contributed by atoms with Crippen molar-refractivity contribution in [3.05, 3.63) is 40.2 Å². The monoisotopic (exact) mass is 303 g/mol. The predicted molar refractivity (Wildman–Crippen MR) is 84.3 cm³/mol. The molecule has 1 aromatic carbocycles. The number of hydrogen-bond donors (Lipinski definition) is 0. The Morgan fingerprint density at radius 2 is 2.14 bits per heavy atom. The summed E-state index contributed by atoms with van der Waals surface area (Å²) in [6.45, 7) is 6.50. The zero-order chi connectivity index (χ0) is 15.7. The van der Waals surface area contributed by atoms with E-state index in [-0.39, 0.29) is 11.7 Å². The lowest BCUT2D eigenvalue weighted by molar-refractivity contribution is -0.0525. The molecule has 1 saturated heterocycles. The third kappa shape index (κ3) is 3.00. The van der Waals surface area contributed by atoms with E-state index in [1.807, 2.05) is 12.1 Å². The van der Waals surface area contributed by atoms with E-state index >= 15 is 0 Å². The molecule has 0 saturated carbocycles. The maximum Gasteiger partial charge on any atom is 0.336 e. The van der Waals surface area contributed by atoms with E-state index in [2.05, 4.69) is 18.7 Å². The van der Waals surface area contributed by atoms with Gasteiger partial charge in [-0.25, -0.2) is 4.79 Å². The predicted octanol–water partition coefficient (Wildman–Crippen LogP) is 2.41. The highest BCUT2D eigenvalue weighted by molar-refractivity contribution is 5.81. The van der Waals surface area contributed by atoms with Gasteiger partial charge < -0.3 is 13.9 Å². The van der Waals surface area contributed by atoms with Crippen molar-refractivity contribution in [3.8, 4) is 5.75 Å². The Balaban J connectivity index is 1.97. The number of morpholine rings is 1. The highest BCUT2D eigenvalue weighted by Gasteiger charge is 2.24. The number of hydrogen-bond acceptors (Lipinski definition) is 5. The molecule has 5 heteroatoms. The Morgan fingerprint density at radius 3 is 2.91 bits per heavy atom. The van der Waals surface area contributed by atoms with Gasteiger partial charge in [-0.15, -0.1) is 0 Å². The molecule has 0 spiro atoms. The lowest BCUT2D eigenvalue weighted by Crippen LogP contribution is -2.46.